The maximum Gasteiger partial charge on any atom is 0.344 e. The molecule has 0 aromatic heterocycles. The Balaban J connectivity index is 0.000000268. The summed E-state index contributed by atoms with van der Waals surface area (Å²) in [6.07, 6.45) is 40.7. The summed E-state index contributed by atoms with van der Waals surface area (Å²) in [7, 11) is 0. The van der Waals surface area contributed by atoms with E-state index in [2.05, 4.69) is 19.2 Å². The summed E-state index contributed by atoms with van der Waals surface area (Å²) in [5, 5.41) is 4.79. The lowest BCUT2D eigenvalue weighted by atomic mass is 10.0. The first-order valence-corrected chi connectivity index (χ1v) is 24.6. The number of nitrogens with one attached hydrogen (secondary N) is 1. The topological polar surface area (TPSA) is 72.5 Å². The van der Waals surface area contributed by atoms with E-state index in [1.165, 1.54) is 193 Å². The van der Waals surface area contributed by atoms with Crippen LogP contribution < -0.4 is 20.5 Å². The largest absolute Gasteiger partial charge is 0.422 e. The van der Waals surface area contributed by atoms with E-state index >= 15 is 0 Å². The molecule has 0 radical (unpaired) electrons. The van der Waals surface area contributed by atoms with Crippen molar-refractivity contribution < 1.29 is 19.1 Å². The van der Waals surface area contributed by atoms with Crippen LogP contribution in [0, 0.1) is 0 Å². The van der Waals surface area contributed by atoms with Gasteiger partial charge in [0.2, 0.25) is 0 Å². The maximum atomic E-state index is 12.7. The first-order valence-electron chi connectivity index (χ1n) is 24.6. The van der Waals surface area contributed by atoms with E-state index in [-0.39, 0.29) is 17.1 Å². The Kier molecular flexibility index (Phi) is 24.6. The summed E-state index contributed by atoms with van der Waals surface area (Å²) in [4.78, 5) is 37.7. The van der Waals surface area contributed by atoms with Crippen molar-refractivity contribution in [2.45, 2.75) is 194 Å². The van der Waals surface area contributed by atoms with Gasteiger partial charge in [0.1, 0.15) is 5.75 Å². The van der Waals surface area contributed by atoms with Gasteiger partial charge in [0.15, 0.2) is 11.6 Å². The quantitative estimate of drug-likeness (QED) is 0.0398. The van der Waals surface area contributed by atoms with Gasteiger partial charge in [-0.05, 0) is 48.8 Å². The number of carbonyl (C=O) groups is 3. The van der Waals surface area contributed by atoms with Crippen LogP contribution >= 0.6 is 0 Å². The Morgan fingerprint density at radius 3 is 1.22 bits per heavy atom. The third-order valence-electron chi connectivity index (χ3n) is 12.3. The number of benzene rings is 3. The van der Waals surface area contributed by atoms with Gasteiger partial charge in [0.05, 0.1) is 11.1 Å². The fraction of sp³-hybridized carbons (Fsp3) is 0.582. The zero-order valence-corrected chi connectivity index (χ0v) is 37.8. The first kappa shape index (κ1) is 48.8. The average Bonchev–Trinajstić information content (AvgIpc) is 3.74. The lowest BCUT2D eigenvalue weighted by Gasteiger charge is -2.06. The predicted molar refractivity (Wildman–Crippen MR) is 252 cm³/mol. The van der Waals surface area contributed by atoms with Gasteiger partial charge in [-0.25, -0.2) is 4.79 Å². The summed E-state index contributed by atoms with van der Waals surface area (Å²) in [5.74, 6) is -0.676. The van der Waals surface area contributed by atoms with Crippen molar-refractivity contribution >= 4 is 28.7 Å². The van der Waals surface area contributed by atoms with Gasteiger partial charge in [-0.15, -0.1) is 0 Å². The smallest absolute Gasteiger partial charge is 0.344 e. The van der Waals surface area contributed by atoms with Crippen molar-refractivity contribution in [1.82, 2.24) is 5.32 Å². The zero-order chi connectivity index (χ0) is 42.5. The molecule has 0 saturated heterocycles. The van der Waals surface area contributed by atoms with Gasteiger partial charge in [0.25, 0.3) is 0 Å². The minimum Gasteiger partial charge on any atom is -0.422 e. The minimum absolute atomic E-state index is 0.114. The van der Waals surface area contributed by atoms with Crippen LogP contribution in [0.4, 0.5) is 0 Å². The summed E-state index contributed by atoms with van der Waals surface area (Å²) >= 11 is 0. The highest BCUT2D eigenvalue weighted by Gasteiger charge is 2.33. The lowest BCUT2D eigenvalue weighted by molar-refractivity contribution is -0.127. The second kappa shape index (κ2) is 30.2. The van der Waals surface area contributed by atoms with Gasteiger partial charge in [-0.1, -0.05) is 241 Å². The molecule has 1 aliphatic carbocycles. The lowest BCUT2D eigenvalue weighted by Crippen LogP contribution is -2.17. The molecule has 0 spiro atoms. The predicted octanol–water partition coefficient (Wildman–Crippen LogP) is 13.6. The highest BCUT2D eigenvalue weighted by atomic mass is 16.5. The number of unbranched alkanes of at least 4 members (excludes halogenated alkanes) is 26. The van der Waals surface area contributed by atoms with Crippen LogP contribution in [-0.2, 0) is 4.79 Å². The first-order chi connectivity index (χ1) is 29.6. The maximum absolute atomic E-state index is 12.7. The van der Waals surface area contributed by atoms with Crippen LogP contribution in [0.2, 0.25) is 0 Å². The van der Waals surface area contributed by atoms with Crippen LogP contribution in [0.3, 0.4) is 0 Å². The molecule has 3 aromatic carbocycles. The van der Waals surface area contributed by atoms with E-state index in [9.17, 15) is 14.4 Å². The summed E-state index contributed by atoms with van der Waals surface area (Å²) in [5.41, 5.74) is 2.18. The van der Waals surface area contributed by atoms with E-state index in [4.69, 9.17) is 4.74 Å². The number of hydrogen-bond donors (Lipinski definition) is 1. The van der Waals surface area contributed by atoms with Gasteiger partial charge >= 0.3 is 5.97 Å². The second-order valence-corrected chi connectivity index (χ2v) is 17.4. The Hall–Kier alpha value is -3.83. The van der Waals surface area contributed by atoms with Gasteiger partial charge < -0.3 is 10.1 Å². The SMILES string of the molecule is CCCCCCCCCCCCCCCCNCCCCCCCCCCCCCCCC.O=C1Oc2cc(=C3C(=O)c4ccccc4C3=O)ccc2=C1c1ccccc1. The summed E-state index contributed by atoms with van der Waals surface area (Å²) in [6, 6.07) is 21.1. The van der Waals surface area contributed by atoms with E-state index in [1.54, 1.807) is 42.5 Å². The number of ketones is 2. The molecular weight excluding hydrogens is 739 g/mol. The molecule has 5 nitrogen and oxygen atoms in total. The van der Waals surface area contributed by atoms with Crippen LogP contribution in [0.5, 0.6) is 5.75 Å². The third-order valence-corrected chi connectivity index (χ3v) is 12.3. The Bertz CT molecular complexity index is 1740. The fourth-order valence-electron chi connectivity index (χ4n) is 8.64. The number of fused-ring (bicyclic) bond motifs is 2. The van der Waals surface area contributed by atoms with Crippen molar-refractivity contribution in [3.63, 3.8) is 0 Å². The van der Waals surface area contributed by atoms with Crippen molar-refractivity contribution in [3.8, 4) is 5.75 Å². The fourth-order valence-corrected chi connectivity index (χ4v) is 8.64. The molecule has 0 unspecified atom stereocenters. The molecule has 60 heavy (non-hydrogen) atoms. The molecule has 5 heteroatoms. The van der Waals surface area contributed by atoms with Gasteiger partial charge in [-0.3, -0.25) is 9.59 Å². The van der Waals surface area contributed by atoms with Gasteiger partial charge in [0, 0.05) is 16.3 Å². The van der Waals surface area contributed by atoms with E-state index < -0.39 is 5.97 Å². The molecule has 0 amide bonds. The zero-order valence-electron chi connectivity index (χ0n) is 37.8. The third kappa shape index (κ3) is 17.3. The van der Waals surface area contributed by atoms with Crippen LogP contribution in [0.1, 0.15) is 220 Å². The molecular formula is C55H79NO4. The van der Waals surface area contributed by atoms with E-state index in [0.29, 0.717) is 32.9 Å². The molecule has 0 atom stereocenters. The molecule has 1 N–H and O–H groups in total. The number of carbonyl (C=O) groups excluding carboxylic acids is 3. The van der Waals surface area contributed by atoms with Crippen LogP contribution in [0.15, 0.2) is 72.8 Å². The van der Waals surface area contributed by atoms with Crippen molar-refractivity contribution in [2.75, 3.05) is 13.1 Å². The van der Waals surface area contributed by atoms with Crippen molar-refractivity contribution in [2.24, 2.45) is 0 Å². The molecule has 1 heterocycles. The van der Waals surface area contributed by atoms with Crippen LogP contribution in [0.25, 0.3) is 11.1 Å². The van der Waals surface area contributed by atoms with Gasteiger partial charge in [-0.2, -0.15) is 0 Å². The van der Waals surface area contributed by atoms with Crippen LogP contribution in [-0.4, -0.2) is 30.6 Å². The van der Waals surface area contributed by atoms with E-state index in [1.807, 2.05) is 30.3 Å². The average molecular weight is 818 g/mol. The van der Waals surface area contributed by atoms with Crippen molar-refractivity contribution in [1.29, 1.82) is 0 Å². The molecule has 328 valence electrons. The summed E-state index contributed by atoms with van der Waals surface area (Å²) in [6.45, 7) is 7.10. The molecule has 0 saturated carbocycles. The molecule has 2 aliphatic rings. The standard InChI is InChI=1S/C32H67N.C23H12O4/c1-3-5-7-9-11-13-15-17-19-21-23-25-27-29-31-33-32-30-28-26-24-22-20-18-16-14-12-10-8-6-4-2;24-21-15-8-4-5-9-16(15)22(25)20(21)14-10-11-17-18(12-14)27-23(26)19(17)13-6-2-1-3-7-13/h33H,3-32H2,1-2H3;1-12H. The van der Waals surface area contributed by atoms with E-state index in [0.717, 1.165) is 5.56 Å². The molecule has 0 fully saturated rings. The highest BCUT2D eigenvalue weighted by molar-refractivity contribution is 6.55. The Morgan fingerprint density at radius 1 is 0.417 bits per heavy atom. The summed E-state index contributed by atoms with van der Waals surface area (Å²) < 4.78 is 5.41. The monoisotopic (exact) mass is 818 g/mol. The number of esters is 1. The molecule has 5 rings (SSSR count). The number of Topliss-reactive ketones (excluding diaryl/α,β-unsaturated/α-hetero) is 2. The molecule has 0 bridgehead atoms. The number of rotatable bonds is 31. The molecule has 1 aliphatic heterocycles. The Labute approximate surface area is 364 Å². The molecule has 3 aromatic rings. The normalized spacial score (nSPS) is 13.1. The highest BCUT2D eigenvalue weighted by Crippen LogP contribution is 2.27. The second-order valence-electron chi connectivity index (χ2n) is 17.4. The van der Waals surface area contributed by atoms with Crippen molar-refractivity contribution in [3.05, 3.63) is 99.9 Å². The minimum atomic E-state index is -0.439. The number of ether oxygens (including phenoxy) is 1. The number of hydrogen-bond acceptors (Lipinski definition) is 5. The Morgan fingerprint density at radius 2 is 0.800 bits per heavy atom.